The summed E-state index contributed by atoms with van der Waals surface area (Å²) >= 11 is 7.87. The summed E-state index contributed by atoms with van der Waals surface area (Å²) in [5.41, 5.74) is 10.8. The highest BCUT2D eigenvalue weighted by atomic mass is 79.9. The minimum Gasteiger partial charge on any atom is -0.375 e. The first-order valence-electron chi connectivity index (χ1n) is 6.16. The van der Waals surface area contributed by atoms with Crippen LogP contribution in [0.5, 0.6) is 0 Å². The molecule has 104 valence electrons. The van der Waals surface area contributed by atoms with Crippen LogP contribution in [0.1, 0.15) is 31.2 Å². The van der Waals surface area contributed by atoms with E-state index in [9.17, 15) is 4.79 Å². The van der Waals surface area contributed by atoms with Gasteiger partial charge in [-0.1, -0.05) is 53.7 Å². The summed E-state index contributed by atoms with van der Waals surface area (Å²) in [6.45, 7) is 0. The van der Waals surface area contributed by atoms with Crippen LogP contribution in [-0.4, -0.2) is 11.0 Å². The van der Waals surface area contributed by atoms with E-state index in [4.69, 9.17) is 5.73 Å². The number of thiocarbonyl (C=S) groups is 1. The Morgan fingerprint density at radius 1 is 1.26 bits per heavy atom. The van der Waals surface area contributed by atoms with E-state index < -0.39 is 0 Å². The van der Waals surface area contributed by atoms with Gasteiger partial charge < -0.3 is 5.73 Å². The van der Waals surface area contributed by atoms with Crippen molar-refractivity contribution in [2.75, 3.05) is 0 Å². The first-order chi connectivity index (χ1) is 9.08. The van der Waals surface area contributed by atoms with Crippen molar-refractivity contribution >= 4 is 39.2 Å². The van der Waals surface area contributed by atoms with E-state index in [1.165, 1.54) is 25.7 Å². The number of nitrogens with two attached hydrogens (primary N) is 1. The van der Waals surface area contributed by atoms with Crippen LogP contribution in [0.15, 0.2) is 28.7 Å². The number of hydrogen-bond donors (Lipinski definition) is 3. The smallest absolute Gasteiger partial charge is 0.242 e. The molecule has 2 rings (SSSR count). The highest BCUT2D eigenvalue weighted by Gasteiger charge is 2.02. The van der Waals surface area contributed by atoms with E-state index in [0.29, 0.717) is 0 Å². The second-order valence-electron chi connectivity index (χ2n) is 4.26. The molecular formula is C13H18BrN3OS. The molecule has 19 heavy (non-hydrogen) atoms. The van der Waals surface area contributed by atoms with Gasteiger partial charge in [0.1, 0.15) is 0 Å². The van der Waals surface area contributed by atoms with Gasteiger partial charge in [-0.25, -0.2) is 0 Å². The van der Waals surface area contributed by atoms with Crippen molar-refractivity contribution in [2.24, 2.45) is 5.73 Å². The van der Waals surface area contributed by atoms with Crippen LogP contribution in [-0.2, 0) is 11.2 Å². The summed E-state index contributed by atoms with van der Waals surface area (Å²) in [6, 6.07) is 7.51. The molecule has 0 aliphatic heterocycles. The Kier molecular flexibility index (Phi) is 7.43. The SMILES string of the molecule is C1CCC1.NC(=S)NNC(=O)Cc1cccc(Br)c1. The van der Waals surface area contributed by atoms with E-state index >= 15 is 0 Å². The number of carbonyl (C=O) groups excluding carboxylic acids is 1. The standard InChI is InChI=1S/C9H10BrN3OS.C4H8/c10-7-3-1-2-6(4-7)5-8(14)12-13-9(11)15;1-2-4-3-1/h1-4H,5H2,(H,12,14)(H3,11,13,15);1-4H2. The van der Waals surface area contributed by atoms with Crippen molar-refractivity contribution in [1.29, 1.82) is 0 Å². The molecule has 0 spiro atoms. The predicted molar refractivity (Wildman–Crippen MR) is 84.4 cm³/mol. The number of hydrazine groups is 1. The second kappa shape index (κ2) is 8.87. The number of hydrogen-bond acceptors (Lipinski definition) is 2. The minimum atomic E-state index is -0.194. The minimum absolute atomic E-state index is 0.0394. The van der Waals surface area contributed by atoms with Crippen LogP contribution in [0.25, 0.3) is 0 Å². The topological polar surface area (TPSA) is 67.2 Å². The lowest BCUT2D eigenvalue weighted by molar-refractivity contribution is -0.121. The van der Waals surface area contributed by atoms with Gasteiger partial charge in [0.2, 0.25) is 5.91 Å². The largest absolute Gasteiger partial charge is 0.375 e. The van der Waals surface area contributed by atoms with Crippen molar-refractivity contribution in [3.63, 3.8) is 0 Å². The molecule has 0 heterocycles. The van der Waals surface area contributed by atoms with Crippen LogP contribution in [0.4, 0.5) is 0 Å². The van der Waals surface area contributed by atoms with Crippen molar-refractivity contribution in [3.8, 4) is 0 Å². The molecular weight excluding hydrogens is 326 g/mol. The number of amides is 1. The van der Waals surface area contributed by atoms with Crippen molar-refractivity contribution in [1.82, 2.24) is 10.9 Å². The van der Waals surface area contributed by atoms with Gasteiger partial charge in [0.15, 0.2) is 5.11 Å². The van der Waals surface area contributed by atoms with E-state index in [1.54, 1.807) is 0 Å². The molecule has 0 radical (unpaired) electrons. The molecule has 0 atom stereocenters. The molecule has 0 bridgehead atoms. The highest BCUT2D eigenvalue weighted by molar-refractivity contribution is 9.10. The van der Waals surface area contributed by atoms with Crippen LogP contribution < -0.4 is 16.6 Å². The molecule has 0 aromatic heterocycles. The predicted octanol–water partition coefficient (Wildman–Crippen LogP) is 2.42. The number of benzene rings is 1. The van der Waals surface area contributed by atoms with Gasteiger partial charge in [-0.3, -0.25) is 15.6 Å². The van der Waals surface area contributed by atoms with Crippen molar-refractivity contribution in [2.45, 2.75) is 32.1 Å². The summed E-state index contributed by atoms with van der Waals surface area (Å²) in [5.74, 6) is -0.194. The van der Waals surface area contributed by atoms with Gasteiger partial charge in [-0.2, -0.15) is 0 Å². The third-order valence-corrected chi connectivity index (χ3v) is 3.17. The van der Waals surface area contributed by atoms with Crippen molar-refractivity contribution in [3.05, 3.63) is 34.3 Å². The Hall–Kier alpha value is -1.14. The molecule has 0 unspecified atom stereocenters. The molecule has 1 amide bonds. The van der Waals surface area contributed by atoms with Crippen LogP contribution in [0.3, 0.4) is 0 Å². The molecule has 1 fully saturated rings. The molecule has 1 aliphatic rings. The van der Waals surface area contributed by atoms with Gasteiger partial charge in [0, 0.05) is 4.47 Å². The van der Waals surface area contributed by atoms with Crippen LogP contribution in [0.2, 0.25) is 0 Å². The van der Waals surface area contributed by atoms with E-state index in [2.05, 4.69) is 39.0 Å². The Morgan fingerprint density at radius 3 is 2.37 bits per heavy atom. The van der Waals surface area contributed by atoms with Crippen LogP contribution >= 0.6 is 28.1 Å². The van der Waals surface area contributed by atoms with Crippen LogP contribution in [0, 0.1) is 0 Å². The second-order valence-corrected chi connectivity index (χ2v) is 5.61. The maximum Gasteiger partial charge on any atom is 0.242 e. The molecule has 1 aromatic rings. The lowest BCUT2D eigenvalue weighted by Gasteiger charge is -2.06. The fourth-order valence-corrected chi connectivity index (χ4v) is 1.76. The fraction of sp³-hybridized carbons (Fsp3) is 0.385. The van der Waals surface area contributed by atoms with E-state index in [0.717, 1.165) is 10.0 Å². The summed E-state index contributed by atoms with van der Waals surface area (Å²) in [4.78, 5) is 11.3. The summed E-state index contributed by atoms with van der Waals surface area (Å²) < 4.78 is 0.940. The number of rotatable bonds is 2. The number of nitrogens with one attached hydrogen (secondary N) is 2. The molecule has 1 saturated carbocycles. The van der Waals surface area contributed by atoms with Gasteiger partial charge >= 0.3 is 0 Å². The molecule has 4 N–H and O–H groups in total. The highest BCUT2D eigenvalue weighted by Crippen LogP contribution is 2.15. The molecule has 0 saturated heterocycles. The van der Waals surface area contributed by atoms with Gasteiger partial charge in [-0.05, 0) is 29.9 Å². The van der Waals surface area contributed by atoms with E-state index in [1.807, 2.05) is 24.3 Å². The van der Waals surface area contributed by atoms with Crippen molar-refractivity contribution < 1.29 is 4.79 Å². The quantitative estimate of drug-likeness (QED) is 0.569. The number of halogens is 1. The lowest BCUT2D eigenvalue weighted by atomic mass is 10.0. The Bertz CT molecular complexity index is 432. The zero-order valence-corrected chi connectivity index (χ0v) is 13.0. The van der Waals surface area contributed by atoms with Gasteiger partial charge in [-0.15, -0.1) is 0 Å². The third kappa shape index (κ3) is 7.79. The first kappa shape index (κ1) is 15.9. The third-order valence-electron chi connectivity index (χ3n) is 2.58. The first-order valence-corrected chi connectivity index (χ1v) is 7.37. The summed E-state index contributed by atoms with van der Waals surface area (Å²) in [7, 11) is 0. The van der Waals surface area contributed by atoms with Gasteiger partial charge in [0.25, 0.3) is 0 Å². The molecule has 6 heteroatoms. The monoisotopic (exact) mass is 343 g/mol. The maximum atomic E-state index is 11.3. The van der Waals surface area contributed by atoms with E-state index in [-0.39, 0.29) is 17.4 Å². The zero-order valence-electron chi connectivity index (χ0n) is 10.6. The fourth-order valence-electron chi connectivity index (χ4n) is 1.26. The zero-order chi connectivity index (χ0) is 14.1. The Morgan fingerprint density at radius 2 is 1.89 bits per heavy atom. The maximum absolute atomic E-state index is 11.3. The molecule has 1 aliphatic carbocycles. The van der Waals surface area contributed by atoms with Gasteiger partial charge in [0.05, 0.1) is 6.42 Å². The normalized spacial score (nSPS) is 12.5. The molecule has 4 nitrogen and oxygen atoms in total. The summed E-state index contributed by atoms with van der Waals surface area (Å²) in [6.07, 6.45) is 6.27. The lowest BCUT2D eigenvalue weighted by Crippen LogP contribution is -2.44. The average molecular weight is 344 g/mol. The molecule has 1 aromatic carbocycles. The average Bonchev–Trinajstić information content (AvgIpc) is 2.24. The number of carbonyl (C=O) groups is 1. The summed E-state index contributed by atoms with van der Waals surface area (Å²) in [5, 5.41) is 0.0394. The Labute approximate surface area is 127 Å². The Balaban J connectivity index is 0.000000382.